The van der Waals surface area contributed by atoms with E-state index in [0.717, 1.165) is 0 Å². The zero-order chi connectivity index (χ0) is 41.6. The van der Waals surface area contributed by atoms with Crippen molar-refractivity contribution in [3.63, 3.8) is 0 Å². The van der Waals surface area contributed by atoms with Crippen molar-refractivity contribution in [2.45, 2.75) is 124 Å². The molecule has 1 fully saturated rings. The predicted molar refractivity (Wildman–Crippen MR) is 138 cm³/mol. The fourth-order valence-corrected chi connectivity index (χ4v) is 3.75. The highest BCUT2D eigenvalue weighted by molar-refractivity contribution is 4.88. The molecule has 1 heterocycles. The Morgan fingerprint density at radius 3 is 1.29 bits per heavy atom. The number of ether oxygens (including phenoxy) is 4. The number of rotatable bonds is 19. The molecule has 0 aromatic heterocycles. The lowest BCUT2D eigenvalue weighted by Gasteiger charge is -2.28. The largest absolute Gasteiger partial charge is 0.453 e. The van der Waals surface area contributed by atoms with Crippen LogP contribution in [0.1, 0.15) is 51.4 Å². The molecule has 26 heteroatoms. The maximum absolute atomic E-state index is 13.5. The van der Waals surface area contributed by atoms with Crippen molar-refractivity contribution in [3.8, 4) is 0 Å². The molecule has 1 aliphatic heterocycles. The van der Waals surface area contributed by atoms with Crippen molar-refractivity contribution in [1.82, 2.24) is 0 Å². The average molecular weight is 821 g/mol. The Labute approximate surface area is 283 Å². The molecule has 1 saturated heterocycles. The van der Waals surface area contributed by atoms with Gasteiger partial charge >= 0.3 is 24.2 Å². The van der Waals surface area contributed by atoms with Gasteiger partial charge in [0.2, 0.25) is 0 Å². The van der Waals surface area contributed by atoms with Gasteiger partial charge in [0.05, 0.1) is 64.3 Å². The predicted octanol–water partition coefficient (Wildman–Crippen LogP) is 6.71. The lowest BCUT2D eigenvalue weighted by Crippen LogP contribution is -2.43. The molecule has 0 bridgehead atoms. The highest BCUT2D eigenvalue weighted by Gasteiger charge is 2.64. The fraction of sp³-hybridized carbons (Fsp3) is 1.00. The molecule has 0 aromatic carbocycles. The summed E-state index contributed by atoms with van der Waals surface area (Å²) < 4.78 is 245. The molecule has 1 aliphatic rings. The van der Waals surface area contributed by atoms with Crippen LogP contribution in [0.5, 0.6) is 0 Å². The second-order valence-electron chi connectivity index (χ2n) is 11.2. The van der Waals surface area contributed by atoms with Crippen LogP contribution in [0.3, 0.4) is 0 Å². The van der Waals surface area contributed by atoms with Crippen LogP contribution >= 0.6 is 0 Å². The first-order chi connectivity index (χ1) is 23.1. The smallest absolute Gasteiger partial charge is 0.394 e. The third kappa shape index (κ3) is 21.3. The molecule has 8 nitrogen and oxygen atoms in total. The van der Waals surface area contributed by atoms with Crippen molar-refractivity contribution >= 4 is 0 Å². The molecular weight excluding hydrogens is 782 g/mol. The third-order valence-electron chi connectivity index (χ3n) is 6.35. The van der Waals surface area contributed by atoms with Gasteiger partial charge in [-0.25, -0.2) is 35.1 Å². The zero-order valence-electron chi connectivity index (χ0n) is 27.0. The molecule has 0 spiro atoms. The lowest BCUT2D eigenvalue weighted by atomic mass is 9.98. The number of aliphatic hydroxyl groups is 4. The normalized spacial score (nSPS) is 18.9. The quantitative estimate of drug-likeness (QED) is 0.0840. The zero-order valence-corrected chi connectivity index (χ0v) is 27.0. The monoisotopic (exact) mass is 820 g/mol. The molecule has 0 aliphatic carbocycles. The van der Waals surface area contributed by atoms with E-state index in [0.29, 0.717) is 0 Å². The maximum atomic E-state index is 13.5. The van der Waals surface area contributed by atoms with Gasteiger partial charge in [0, 0.05) is 27.1 Å². The Balaban J connectivity index is 0. The third-order valence-corrected chi connectivity index (χ3v) is 6.35. The number of hydrogen-bond acceptors (Lipinski definition) is 8. The molecule has 3 atom stereocenters. The molecule has 1 rings (SSSR count). The molecule has 52 heavy (non-hydrogen) atoms. The first-order valence-corrected chi connectivity index (χ1v) is 14.4. The summed E-state index contributed by atoms with van der Waals surface area (Å²) in [6.07, 6.45) is -31.5. The van der Waals surface area contributed by atoms with Gasteiger partial charge in [0.25, 0.3) is 23.7 Å². The number of methoxy groups -OCH3 is 2. The highest BCUT2D eigenvalue weighted by Crippen LogP contribution is 2.47. The Kier molecular flexibility index (Phi) is 21.1. The molecule has 0 radical (unpaired) electrons. The maximum Gasteiger partial charge on any atom is 0.453 e. The first-order valence-electron chi connectivity index (χ1n) is 14.4. The fourth-order valence-electron chi connectivity index (χ4n) is 3.75. The topological polar surface area (TPSA) is 118 Å². The minimum absolute atomic E-state index is 0.0903. The first kappa shape index (κ1) is 52.5. The lowest BCUT2D eigenvalue weighted by molar-refractivity contribution is -0.304. The molecule has 0 saturated carbocycles. The molecular formula is C26H38F18O8. The summed E-state index contributed by atoms with van der Waals surface area (Å²) in [6.45, 7) is -1.73. The molecule has 0 aromatic rings. The second kappa shape index (κ2) is 20.9. The summed E-state index contributed by atoms with van der Waals surface area (Å²) in [7, 11) is 2.95. The van der Waals surface area contributed by atoms with E-state index in [-0.39, 0.29) is 13.2 Å². The number of hydrogen-bond donors (Lipinski definition) is 4. The van der Waals surface area contributed by atoms with Crippen LogP contribution in [0, 0.1) is 0 Å². The van der Waals surface area contributed by atoms with Crippen molar-refractivity contribution in [2.75, 3.05) is 40.6 Å². The Morgan fingerprint density at radius 2 is 1.00 bits per heavy atom. The summed E-state index contributed by atoms with van der Waals surface area (Å²) in [5, 5.41) is 34.1. The van der Waals surface area contributed by atoms with Crippen LogP contribution in [0.4, 0.5) is 79.0 Å². The van der Waals surface area contributed by atoms with Crippen LogP contribution in [0.15, 0.2) is 0 Å². The number of halogens is 18. The Hall–Kier alpha value is -1.58. The summed E-state index contributed by atoms with van der Waals surface area (Å²) >= 11 is 0. The molecule has 3 unspecified atom stereocenters. The van der Waals surface area contributed by atoms with Gasteiger partial charge < -0.3 is 39.4 Å². The Morgan fingerprint density at radius 1 is 0.596 bits per heavy atom. The van der Waals surface area contributed by atoms with Crippen LogP contribution in [-0.2, 0) is 18.9 Å². The summed E-state index contributed by atoms with van der Waals surface area (Å²) in [4.78, 5) is 0. The van der Waals surface area contributed by atoms with E-state index < -0.39 is 137 Å². The highest BCUT2D eigenvalue weighted by atomic mass is 19.4. The standard InChI is InChI=1S/C12H15F9O3.C10H13F9O2.C4H10O3/c13-9(14,2-1-7-4-23-8(3-22)24-7)5-10(15,16)6-11(17,18)12(19,20)21;11-7(12,2-1-6(21)3-20)4-8(13,14)5-9(15,16)10(17,18)19;1-6-4(3-5)7-2/h7-8,22H,1-6H2;6,20-21H,1-5H2;4-5H,3H2,1-2H3. The average Bonchev–Trinajstić information content (AvgIpc) is 3.41. The van der Waals surface area contributed by atoms with E-state index in [9.17, 15) is 79.0 Å². The van der Waals surface area contributed by atoms with Gasteiger partial charge in [-0.05, 0) is 12.8 Å². The summed E-state index contributed by atoms with van der Waals surface area (Å²) in [5.41, 5.74) is 0. The van der Waals surface area contributed by atoms with E-state index in [1.165, 1.54) is 14.2 Å². The number of alkyl halides is 18. The van der Waals surface area contributed by atoms with E-state index in [4.69, 9.17) is 29.9 Å². The minimum Gasteiger partial charge on any atom is -0.394 e. The van der Waals surface area contributed by atoms with Gasteiger partial charge in [-0.3, -0.25) is 0 Å². The molecule has 316 valence electrons. The van der Waals surface area contributed by atoms with Gasteiger partial charge in [0.1, 0.15) is 0 Å². The Bertz CT molecular complexity index is 972. The van der Waals surface area contributed by atoms with E-state index in [2.05, 4.69) is 9.47 Å². The van der Waals surface area contributed by atoms with E-state index >= 15 is 0 Å². The van der Waals surface area contributed by atoms with Crippen LogP contribution in [0.2, 0.25) is 0 Å². The van der Waals surface area contributed by atoms with Crippen LogP contribution in [0.25, 0.3) is 0 Å². The van der Waals surface area contributed by atoms with Gasteiger partial charge in [-0.1, -0.05) is 0 Å². The van der Waals surface area contributed by atoms with Gasteiger partial charge in [0.15, 0.2) is 12.6 Å². The van der Waals surface area contributed by atoms with Gasteiger partial charge in [-0.2, -0.15) is 43.9 Å². The second-order valence-corrected chi connectivity index (χ2v) is 11.2. The minimum atomic E-state index is -6.27. The molecule has 4 N–H and O–H groups in total. The SMILES string of the molecule is COC(CO)OC.OCC(O)CCC(F)(F)CC(F)(F)CC(F)(F)C(F)(F)F.OCC1OCC(CCC(F)(F)CC(F)(F)CC(F)(F)C(F)(F)F)O1. The van der Waals surface area contributed by atoms with Crippen molar-refractivity contribution < 1.29 is 118 Å². The van der Waals surface area contributed by atoms with E-state index in [1.54, 1.807) is 0 Å². The summed E-state index contributed by atoms with van der Waals surface area (Å²) in [6, 6.07) is 0. The van der Waals surface area contributed by atoms with E-state index in [1.807, 2.05) is 0 Å². The van der Waals surface area contributed by atoms with Crippen molar-refractivity contribution in [1.29, 1.82) is 0 Å². The van der Waals surface area contributed by atoms with Crippen LogP contribution < -0.4 is 0 Å². The molecule has 0 amide bonds. The van der Waals surface area contributed by atoms with Crippen molar-refractivity contribution in [3.05, 3.63) is 0 Å². The van der Waals surface area contributed by atoms with Crippen molar-refractivity contribution in [2.24, 2.45) is 0 Å². The van der Waals surface area contributed by atoms with Crippen LogP contribution in [-0.4, -0.2) is 134 Å². The van der Waals surface area contributed by atoms with Gasteiger partial charge in [-0.15, -0.1) is 0 Å². The summed E-state index contributed by atoms with van der Waals surface area (Å²) in [5.74, 6) is -29.9. The number of aliphatic hydroxyl groups excluding tert-OH is 4.